The average Bonchev–Trinajstić information content (AvgIpc) is 3.40. The van der Waals surface area contributed by atoms with E-state index in [4.69, 9.17) is 33.9 Å². The van der Waals surface area contributed by atoms with E-state index in [9.17, 15) is 13.2 Å². The number of aliphatic imine (C=N–C) groups is 1. The third kappa shape index (κ3) is 6.24. The van der Waals surface area contributed by atoms with Crippen molar-refractivity contribution in [3.63, 3.8) is 0 Å². The number of sulfone groups is 1. The van der Waals surface area contributed by atoms with E-state index in [2.05, 4.69) is 0 Å². The Bertz CT molecular complexity index is 1510. The van der Waals surface area contributed by atoms with Crippen LogP contribution in [0.4, 0.5) is 5.69 Å². The Morgan fingerprint density at radius 1 is 0.973 bits per heavy atom. The highest BCUT2D eigenvalue weighted by molar-refractivity contribution is 7.90. The minimum atomic E-state index is -3.34. The number of rotatable bonds is 6. The van der Waals surface area contributed by atoms with Gasteiger partial charge in [-0.15, -0.1) is 0 Å². The normalized spacial score (nSPS) is 14.8. The number of allylic oxidation sites excluding steroid dienone is 1. The molecule has 37 heavy (non-hydrogen) atoms. The molecule has 1 saturated heterocycles. The summed E-state index contributed by atoms with van der Waals surface area (Å²) in [4.78, 5) is 19.6. The maximum atomic E-state index is 12.9. The zero-order chi connectivity index (χ0) is 26.7. The molecule has 0 aromatic heterocycles. The maximum Gasteiger partial charge on any atom is 0.269 e. The lowest BCUT2D eigenvalue weighted by Crippen LogP contribution is -2.32. The van der Waals surface area contributed by atoms with Gasteiger partial charge in [0.1, 0.15) is 5.69 Å². The molecule has 0 spiro atoms. The zero-order valence-corrected chi connectivity index (χ0v) is 22.9. The van der Waals surface area contributed by atoms with Crippen LogP contribution in [-0.4, -0.2) is 44.3 Å². The molecule has 0 unspecified atom stereocenters. The molecule has 1 aliphatic heterocycles. The summed E-state index contributed by atoms with van der Waals surface area (Å²) in [6.45, 7) is 3.27. The van der Waals surface area contributed by atoms with Crippen LogP contribution in [0.3, 0.4) is 0 Å². The van der Waals surface area contributed by atoms with Crippen molar-refractivity contribution in [1.82, 2.24) is 4.90 Å². The first kappa shape index (κ1) is 26.9. The third-order valence-corrected chi connectivity index (χ3v) is 7.92. The van der Waals surface area contributed by atoms with E-state index in [1.165, 1.54) is 6.26 Å². The molecule has 3 aromatic carbocycles. The highest BCUT2D eigenvalue weighted by atomic mass is 35.5. The first-order valence-electron chi connectivity index (χ1n) is 11.8. The van der Waals surface area contributed by atoms with Gasteiger partial charge in [0.25, 0.3) is 5.91 Å². The van der Waals surface area contributed by atoms with E-state index in [0.717, 1.165) is 35.1 Å². The van der Waals surface area contributed by atoms with Crippen molar-refractivity contribution in [2.75, 3.05) is 19.3 Å². The van der Waals surface area contributed by atoms with Gasteiger partial charge in [-0.1, -0.05) is 59.6 Å². The van der Waals surface area contributed by atoms with Crippen molar-refractivity contribution in [2.45, 2.75) is 24.7 Å². The van der Waals surface area contributed by atoms with Gasteiger partial charge in [-0.05, 0) is 66.8 Å². The fourth-order valence-corrected chi connectivity index (χ4v) is 5.38. The standard InChI is InChI=1S/C28H27Cl2N3O3S/c1-18-15-20(19-7-5-8-21(16-19)37(2,35)36)11-12-22(18)26(32-27-23(29)9-6-10-24(27)30)17-25(31)28(34)33-13-3-4-14-33/h5-12,15-17H,3-4,13-14,31H2,1-2H3. The molecule has 0 radical (unpaired) electrons. The Hall–Kier alpha value is -3.13. The quantitative estimate of drug-likeness (QED) is 0.300. The molecule has 1 fully saturated rings. The third-order valence-electron chi connectivity index (χ3n) is 6.20. The number of benzene rings is 3. The molecule has 0 bridgehead atoms. The number of likely N-dealkylation sites (tertiary alicyclic amines) is 1. The number of para-hydroxylation sites is 1. The second-order valence-corrected chi connectivity index (χ2v) is 11.8. The largest absolute Gasteiger partial charge is 0.394 e. The predicted molar refractivity (Wildman–Crippen MR) is 150 cm³/mol. The van der Waals surface area contributed by atoms with E-state index in [0.29, 0.717) is 34.5 Å². The number of nitrogens with zero attached hydrogens (tertiary/aromatic N) is 2. The molecule has 4 rings (SSSR count). The van der Waals surface area contributed by atoms with E-state index in [1.54, 1.807) is 47.4 Å². The lowest BCUT2D eigenvalue weighted by molar-refractivity contribution is -0.126. The van der Waals surface area contributed by atoms with Crippen LogP contribution in [-0.2, 0) is 14.6 Å². The van der Waals surface area contributed by atoms with Crippen LogP contribution in [0.5, 0.6) is 0 Å². The highest BCUT2D eigenvalue weighted by Gasteiger charge is 2.21. The molecule has 0 saturated carbocycles. The van der Waals surface area contributed by atoms with E-state index in [1.807, 2.05) is 31.2 Å². The van der Waals surface area contributed by atoms with E-state index < -0.39 is 9.84 Å². The Labute approximate surface area is 227 Å². The van der Waals surface area contributed by atoms with Gasteiger partial charge in [0.15, 0.2) is 9.84 Å². The van der Waals surface area contributed by atoms with Gasteiger partial charge >= 0.3 is 0 Å². The van der Waals surface area contributed by atoms with Gasteiger partial charge in [-0.3, -0.25) is 4.79 Å². The number of amides is 1. The number of hydrogen-bond acceptors (Lipinski definition) is 5. The molecule has 2 N–H and O–H groups in total. The van der Waals surface area contributed by atoms with Crippen LogP contribution in [0, 0.1) is 6.92 Å². The first-order chi connectivity index (χ1) is 17.5. The fourth-order valence-electron chi connectivity index (χ4n) is 4.24. The van der Waals surface area contributed by atoms with Crippen molar-refractivity contribution in [3.05, 3.63) is 93.6 Å². The van der Waals surface area contributed by atoms with Crippen molar-refractivity contribution < 1.29 is 13.2 Å². The molecule has 1 heterocycles. The average molecular weight is 557 g/mol. The Morgan fingerprint density at radius 2 is 1.59 bits per heavy atom. The summed E-state index contributed by atoms with van der Waals surface area (Å²) in [6.07, 6.45) is 4.66. The molecule has 0 aliphatic carbocycles. The minimum absolute atomic E-state index is 0.0770. The number of carbonyl (C=O) groups excluding carboxylic acids is 1. The summed E-state index contributed by atoms with van der Waals surface area (Å²) >= 11 is 12.8. The van der Waals surface area contributed by atoms with Gasteiger partial charge in [0, 0.05) is 24.9 Å². The summed E-state index contributed by atoms with van der Waals surface area (Å²) in [7, 11) is -3.34. The van der Waals surface area contributed by atoms with Gasteiger partial charge in [0.2, 0.25) is 0 Å². The zero-order valence-electron chi connectivity index (χ0n) is 20.5. The lowest BCUT2D eigenvalue weighted by atomic mass is 9.97. The SMILES string of the molecule is Cc1cc(-c2cccc(S(C)(=O)=O)c2)ccc1C(C=C(N)C(=O)N1CCCC1)=Nc1c(Cl)cccc1Cl. The first-order valence-corrected chi connectivity index (χ1v) is 14.4. The van der Waals surface area contributed by atoms with Crippen LogP contribution in [0.1, 0.15) is 24.0 Å². The summed E-state index contributed by atoms with van der Waals surface area (Å²) < 4.78 is 24.0. The Balaban J connectivity index is 1.80. The fraction of sp³-hybridized carbons (Fsp3) is 0.214. The van der Waals surface area contributed by atoms with Crippen LogP contribution in [0.2, 0.25) is 10.0 Å². The van der Waals surface area contributed by atoms with Gasteiger partial charge in [0.05, 0.1) is 26.3 Å². The number of hydrogen-bond donors (Lipinski definition) is 1. The summed E-state index contributed by atoms with van der Waals surface area (Å²) in [5, 5.41) is 0.740. The molecule has 192 valence electrons. The van der Waals surface area contributed by atoms with E-state index in [-0.39, 0.29) is 16.5 Å². The van der Waals surface area contributed by atoms with Crippen LogP contribution in [0.15, 0.2) is 82.3 Å². The van der Waals surface area contributed by atoms with E-state index >= 15 is 0 Å². The molecule has 6 nitrogen and oxygen atoms in total. The lowest BCUT2D eigenvalue weighted by Gasteiger charge is -2.16. The summed E-state index contributed by atoms with van der Waals surface area (Å²) in [5.74, 6) is -0.234. The number of nitrogens with two attached hydrogens (primary N) is 1. The molecule has 9 heteroatoms. The van der Waals surface area contributed by atoms with Crippen LogP contribution < -0.4 is 5.73 Å². The summed E-state index contributed by atoms with van der Waals surface area (Å²) in [5.41, 5.74) is 10.3. The molecule has 1 aliphatic rings. The van der Waals surface area contributed by atoms with Gasteiger partial charge in [-0.2, -0.15) is 0 Å². The van der Waals surface area contributed by atoms with Crippen molar-refractivity contribution in [2.24, 2.45) is 10.7 Å². The Morgan fingerprint density at radius 3 is 2.22 bits per heavy atom. The van der Waals surface area contributed by atoms with Crippen LogP contribution >= 0.6 is 23.2 Å². The molecule has 3 aromatic rings. The smallest absolute Gasteiger partial charge is 0.269 e. The minimum Gasteiger partial charge on any atom is -0.394 e. The van der Waals surface area contributed by atoms with Crippen molar-refractivity contribution >= 4 is 50.3 Å². The molecule has 0 atom stereocenters. The maximum absolute atomic E-state index is 12.9. The summed E-state index contributed by atoms with van der Waals surface area (Å²) in [6, 6.07) is 17.6. The van der Waals surface area contributed by atoms with Gasteiger partial charge < -0.3 is 10.6 Å². The number of aryl methyl sites for hydroxylation is 1. The number of carbonyl (C=O) groups is 1. The molecular formula is C28H27Cl2N3O3S. The predicted octanol–water partition coefficient (Wildman–Crippen LogP) is 5.96. The highest BCUT2D eigenvalue weighted by Crippen LogP contribution is 2.34. The molecule has 1 amide bonds. The van der Waals surface area contributed by atoms with Crippen LogP contribution in [0.25, 0.3) is 11.1 Å². The topological polar surface area (TPSA) is 92.8 Å². The monoisotopic (exact) mass is 555 g/mol. The number of halogens is 2. The molecular weight excluding hydrogens is 529 g/mol. The van der Waals surface area contributed by atoms with Gasteiger partial charge in [-0.25, -0.2) is 13.4 Å². The van der Waals surface area contributed by atoms with Crippen molar-refractivity contribution in [1.29, 1.82) is 0 Å². The Kier molecular flexibility index (Phi) is 8.07. The second-order valence-electron chi connectivity index (χ2n) is 9.00. The van der Waals surface area contributed by atoms with Crippen molar-refractivity contribution in [3.8, 4) is 11.1 Å². The second kappa shape index (κ2) is 11.1.